The fourth-order valence-corrected chi connectivity index (χ4v) is 2.12. The van der Waals surface area contributed by atoms with Crippen molar-refractivity contribution in [2.45, 2.75) is 6.54 Å². The lowest BCUT2D eigenvalue weighted by atomic mass is 10.0. The van der Waals surface area contributed by atoms with Crippen molar-refractivity contribution in [2.24, 2.45) is 5.73 Å². The van der Waals surface area contributed by atoms with Crippen LogP contribution in [0.15, 0.2) is 36.4 Å². The van der Waals surface area contributed by atoms with E-state index >= 15 is 0 Å². The summed E-state index contributed by atoms with van der Waals surface area (Å²) in [5, 5.41) is 10.7. The maximum atomic E-state index is 10.7. The van der Waals surface area contributed by atoms with Crippen LogP contribution in [-0.4, -0.2) is 19.1 Å². The largest absolute Gasteiger partial charge is 0.493 e. The van der Waals surface area contributed by atoms with Gasteiger partial charge in [-0.25, -0.2) is 0 Å². The molecule has 0 aliphatic heterocycles. The van der Waals surface area contributed by atoms with E-state index in [2.05, 4.69) is 0 Å². The Morgan fingerprint density at radius 2 is 1.81 bits per heavy atom. The normalized spacial score (nSPS) is 10.2. The lowest BCUT2D eigenvalue weighted by molar-refractivity contribution is -0.384. The van der Waals surface area contributed by atoms with Crippen LogP contribution in [0.1, 0.15) is 5.56 Å². The van der Waals surface area contributed by atoms with Gasteiger partial charge in [0.2, 0.25) is 0 Å². The molecule has 0 aromatic heterocycles. The first-order valence-electron chi connectivity index (χ1n) is 6.30. The van der Waals surface area contributed by atoms with E-state index in [9.17, 15) is 10.1 Å². The molecule has 0 atom stereocenters. The highest BCUT2D eigenvalue weighted by molar-refractivity contribution is 5.75. The molecule has 0 unspecified atom stereocenters. The van der Waals surface area contributed by atoms with Crippen LogP contribution in [0.25, 0.3) is 11.1 Å². The van der Waals surface area contributed by atoms with Gasteiger partial charge >= 0.3 is 0 Å². The Bertz CT molecular complexity index is 653. The van der Waals surface area contributed by atoms with Crippen LogP contribution in [0.4, 0.5) is 5.69 Å². The zero-order valence-electron chi connectivity index (χ0n) is 11.8. The second kappa shape index (κ2) is 6.23. The highest BCUT2D eigenvalue weighted by Gasteiger charge is 2.15. The molecular weight excluding hydrogens is 272 g/mol. The van der Waals surface area contributed by atoms with Crippen LogP contribution in [0, 0.1) is 10.1 Å². The van der Waals surface area contributed by atoms with Crippen molar-refractivity contribution >= 4 is 5.69 Å². The van der Waals surface area contributed by atoms with Crippen LogP contribution >= 0.6 is 0 Å². The molecule has 110 valence electrons. The highest BCUT2D eigenvalue weighted by atomic mass is 16.6. The minimum Gasteiger partial charge on any atom is -0.493 e. The average Bonchev–Trinajstić information content (AvgIpc) is 2.53. The van der Waals surface area contributed by atoms with E-state index in [4.69, 9.17) is 15.2 Å². The molecule has 2 aromatic carbocycles. The summed E-state index contributed by atoms with van der Waals surface area (Å²) in [7, 11) is 3.10. The molecule has 0 fully saturated rings. The third-order valence-electron chi connectivity index (χ3n) is 3.16. The minimum absolute atomic E-state index is 0.0414. The van der Waals surface area contributed by atoms with E-state index in [1.807, 2.05) is 12.1 Å². The lowest BCUT2D eigenvalue weighted by Gasteiger charge is -2.14. The van der Waals surface area contributed by atoms with Crippen LogP contribution in [-0.2, 0) is 6.54 Å². The molecule has 2 N–H and O–H groups in total. The summed E-state index contributed by atoms with van der Waals surface area (Å²) < 4.78 is 10.7. The highest BCUT2D eigenvalue weighted by Crippen LogP contribution is 2.39. The fourth-order valence-electron chi connectivity index (χ4n) is 2.12. The van der Waals surface area contributed by atoms with Gasteiger partial charge in [-0.1, -0.05) is 0 Å². The third-order valence-corrected chi connectivity index (χ3v) is 3.16. The molecule has 0 saturated carbocycles. The van der Waals surface area contributed by atoms with E-state index in [0.29, 0.717) is 18.0 Å². The van der Waals surface area contributed by atoms with Gasteiger partial charge in [0.05, 0.1) is 19.1 Å². The van der Waals surface area contributed by atoms with Crippen LogP contribution < -0.4 is 15.2 Å². The standard InChI is InChI=1S/C15H16N2O4/c1-20-14-8-10(9-16)7-13(15(14)21-2)11-3-5-12(6-4-11)17(18)19/h3-8H,9,16H2,1-2H3. The number of nitro groups is 1. The van der Waals surface area contributed by atoms with Gasteiger partial charge in [0.1, 0.15) is 0 Å². The molecule has 0 aliphatic rings. The van der Waals surface area contributed by atoms with Gasteiger partial charge in [0.15, 0.2) is 11.5 Å². The Balaban J connectivity index is 2.58. The molecule has 0 bridgehead atoms. The van der Waals surface area contributed by atoms with Crippen LogP contribution in [0.2, 0.25) is 0 Å². The summed E-state index contributed by atoms with van der Waals surface area (Å²) in [4.78, 5) is 10.3. The Hall–Kier alpha value is -2.60. The van der Waals surface area contributed by atoms with Gasteiger partial charge in [-0.3, -0.25) is 10.1 Å². The van der Waals surface area contributed by atoms with E-state index in [0.717, 1.165) is 16.7 Å². The summed E-state index contributed by atoms with van der Waals surface area (Å²) in [5.74, 6) is 1.15. The molecule has 0 heterocycles. The number of rotatable bonds is 5. The number of nitrogens with two attached hydrogens (primary N) is 1. The van der Waals surface area contributed by atoms with Crippen LogP contribution in [0.5, 0.6) is 11.5 Å². The van der Waals surface area contributed by atoms with Crippen molar-refractivity contribution in [1.82, 2.24) is 0 Å². The third kappa shape index (κ3) is 2.95. The Morgan fingerprint density at radius 1 is 1.14 bits per heavy atom. The first-order chi connectivity index (χ1) is 10.1. The van der Waals surface area contributed by atoms with Gasteiger partial charge in [-0.15, -0.1) is 0 Å². The predicted molar refractivity (Wildman–Crippen MR) is 79.5 cm³/mol. The summed E-state index contributed by atoms with van der Waals surface area (Å²) >= 11 is 0. The number of hydrogen-bond acceptors (Lipinski definition) is 5. The van der Waals surface area contributed by atoms with Crippen molar-refractivity contribution in [2.75, 3.05) is 14.2 Å². The van der Waals surface area contributed by atoms with Gasteiger partial charge in [0, 0.05) is 24.2 Å². The second-order valence-corrected chi connectivity index (χ2v) is 4.39. The monoisotopic (exact) mass is 288 g/mol. The molecule has 0 aliphatic carbocycles. The summed E-state index contributed by atoms with van der Waals surface area (Å²) in [6, 6.07) is 9.97. The zero-order chi connectivity index (χ0) is 15.4. The number of non-ortho nitro benzene ring substituents is 1. The van der Waals surface area contributed by atoms with Crippen molar-refractivity contribution in [3.63, 3.8) is 0 Å². The quantitative estimate of drug-likeness (QED) is 0.675. The van der Waals surface area contributed by atoms with Gasteiger partial charge in [-0.2, -0.15) is 0 Å². The number of nitro benzene ring substituents is 1. The number of ether oxygens (including phenoxy) is 2. The zero-order valence-corrected chi connectivity index (χ0v) is 11.8. The molecule has 0 amide bonds. The van der Waals surface area contributed by atoms with Crippen molar-refractivity contribution in [1.29, 1.82) is 0 Å². The fraction of sp³-hybridized carbons (Fsp3) is 0.200. The molecule has 6 nitrogen and oxygen atoms in total. The van der Waals surface area contributed by atoms with E-state index in [1.54, 1.807) is 26.4 Å². The first-order valence-corrected chi connectivity index (χ1v) is 6.30. The summed E-state index contributed by atoms with van der Waals surface area (Å²) in [5.41, 5.74) is 8.20. The molecule has 21 heavy (non-hydrogen) atoms. The SMILES string of the molecule is COc1cc(CN)cc(-c2ccc([N+](=O)[O-])cc2)c1OC. The van der Waals surface area contributed by atoms with Crippen molar-refractivity contribution < 1.29 is 14.4 Å². The minimum atomic E-state index is -0.433. The molecule has 0 spiro atoms. The number of hydrogen-bond donors (Lipinski definition) is 1. The Labute approximate surface area is 122 Å². The van der Waals surface area contributed by atoms with Gasteiger partial charge in [0.25, 0.3) is 5.69 Å². The number of benzene rings is 2. The molecular formula is C15H16N2O4. The van der Waals surface area contributed by atoms with Crippen molar-refractivity contribution in [3.8, 4) is 22.6 Å². The van der Waals surface area contributed by atoms with E-state index in [-0.39, 0.29) is 5.69 Å². The molecule has 2 aromatic rings. The van der Waals surface area contributed by atoms with E-state index in [1.165, 1.54) is 12.1 Å². The second-order valence-electron chi connectivity index (χ2n) is 4.39. The Kier molecular flexibility index (Phi) is 4.39. The molecule has 6 heteroatoms. The smallest absolute Gasteiger partial charge is 0.269 e. The topological polar surface area (TPSA) is 87.6 Å². The molecule has 2 rings (SSSR count). The molecule has 0 radical (unpaired) electrons. The maximum Gasteiger partial charge on any atom is 0.269 e. The number of methoxy groups -OCH3 is 2. The van der Waals surface area contributed by atoms with Crippen LogP contribution in [0.3, 0.4) is 0 Å². The Morgan fingerprint density at radius 3 is 2.29 bits per heavy atom. The van der Waals surface area contributed by atoms with E-state index < -0.39 is 4.92 Å². The predicted octanol–water partition coefficient (Wildman–Crippen LogP) is 2.74. The summed E-state index contributed by atoms with van der Waals surface area (Å²) in [6.07, 6.45) is 0. The van der Waals surface area contributed by atoms with Gasteiger partial charge < -0.3 is 15.2 Å². The number of nitrogens with zero attached hydrogens (tertiary/aromatic N) is 1. The average molecular weight is 288 g/mol. The summed E-state index contributed by atoms with van der Waals surface area (Å²) in [6.45, 7) is 0.361. The van der Waals surface area contributed by atoms with Crippen molar-refractivity contribution in [3.05, 3.63) is 52.1 Å². The molecule has 0 saturated heterocycles. The van der Waals surface area contributed by atoms with Gasteiger partial charge in [-0.05, 0) is 35.4 Å². The lowest BCUT2D eigenvalue weighted by Crippen LogP contribution is -2.00. The maximum absolute atomic E-state index is 10.7. The first kappa shape index (κ1) is 14.8.